The second-order valence-electron chi connectivity index (χ2n) is 9.21. The smallest absolute Gasteiger partial charge is 0.408 e. The van der Waals surface area contributed by atoms with Gasteiger partial charge < -0.3 is 25.8 Å². The summed E-state index contributed by atoms with van der Waals surface area (Å²) in [6, 6.07) is 14.9. The maximum atomic E-state index is 13.3. The van der Waals surface area contributed by atoms with Crippen LogP contribution >= 0.6 is 0 Å². The summed E-state index contributed by atoms with van der Waals surface area (Å²) < 4.78 is 5.31. The summed E-state index contributed by atoms with van der Waals surface area (Å²) in [5, 5.41) is 16.8. The number of aliphatic carboxylic acids is 1. The molecule has 0 aliphatic heterocycles. The Balaban J connectivity index is 2.25. The Kier molecular flexibility index (Phi) is 9.81. The fourth-order valence-electron chi connectivity index (χ4n) is 3.22. The van der Waals surface area contributed by atoms with E-state index in [0.29, 0.717) is 0 Å². The van der Waals surface area contributed by atoms with E-state index >= 15 is 0 Å². The minimum Gasteiger partial charge on any atom is -0.480 e. The molecule has 0 fully saturated rings. The summed E-state index contributed by atoms with van der Waals surface area (Å²) in [6.45, 7) is 6.47. The molecule has 0 aliphatic rings. The van der Waals surface area contributed by atoms with Gasteiger partial charge in [-0.3, -0.25) is 14.4 Å². The van der Waals surface area contributed by atoms with Crippen molar-refractivity contribution in [1.29, 1.82) is 0 Å². The van der Waals surface area contributed by atoms with Crippen molar-refractivity contribution in [3.8, 4) is 0 Å². The molecule has 2 rings (SSSR count). The number of carboxylic acid groups (broad SMARTS) is 1. The van der Waals surface area contributed by atoms with E-state index in [1.54, 1.807) is 45.0 Å². The third-order valence-corrected chi connectivity index (χ3v) is 4.93. The first-order valence-electron chi connectivity index (χ1n) is 11.4. The first-order valence-corrected chi connectivity index (χ1v) is 11.4. The number of alkyl carbamates (subject to hydrolysis) is 1. The quantitative estimate of drug-likeness (QED) is 0.410. The van der Waals surface area contributed by atoms with Gasteiger partial charge >= 0.3 is 12.1 Å². The molecular formula is C26H33N3O6. The molecule has 0 aliphatic carbocycles. The van der Waals surface area contributed by atoms with Gasteiger partial charge in [0.2, 0.25) is 11.8 Å². The van der Waals surface area contributed by atoms with Crippen LogP contribution in [0.4, 0.5) is 4.79 Å². The molecule has 4 N–H and O–H groups in total. The molecule has 0 radical (unpaired) electrons. The molecule has 0 unspecified atom stereocenters. The molecular weight excluding hydrogens is 450 g/mol. The average molecular weight is 484 g/mol. The van der Waals surface area contributed by atoms with Crippen molar-refractivity contribution in [2.45, 2.75) is 64.3 Å². The molecule has 35 heavy (non-hydrogen) atoms. The van der Waals surface area contributed by atoms with Crippen molar-refractivity contribution in [1.82, 2.24) is 16.0 Å². The first-order chi connectivity index (χ1) is 16.4. The second kappa shape index (κ2) is 12.5. The number of rotatable bonds is 10. The van der Waals surface area contributed by atoms with Crippen molar-refractivity contribution in [3.05, 3.63) is 71.8 Å². The molecule has 0 saturated carbocycles. The van der Waals surface area contributed by atoms with Crippen LogP contribution < -0.4 is 16.0 Å². The van der Waals surface area contributed by atoms with Crippen LogP contribution in [0.2, 0.25) is 0 Å². The third-order valence-electron chi connectivity index (χ3n) is 4.93. The van der Waals surface area contributed by atoms with Gasteiger partial charge in [-0.2, -0.15) is 0 Å². The highest BCUT2D eigenvalue weighted by Gasteiger charge is 2.30. The fourth-order valence-corrected chi connectivity index (χ4v) is 3.22. The highest BCUT2D eigenvalue weighted by atomic mass is 16.6. The fraction of sp³-hybridized carbons (Fsp3) is 0.385. The van der Waals surface area contributed by atoms with Gasteiger partial charge in [-0.1, -0.05) is 60.7 Å². The molecule has 0 heterocycles. The monoisotopic (exact) mass is 483 g/mol. The number of amides is 3. The van der Waals surface area contributed by atoms with E-state index in [9.17, 15) is 19.2 Å². The van der Waals surface area contributed by atoms with Crippen LogP contribution in [0.15, 0.2) is 60.7 Å². The Bertz CT molecular complexity index is 1000. The molecule has 3 amide bonds. The lowest BCUT2D eigenvalue weighted by Gasteiger charge is -2.26. The van der Waals surface area contributed by atoms with E-state index in [1.165, 1.54) is 6.92 Å². The predicted molar refractivity (Wildman–Crippen MR) is 131 cm³/mol. The van der Waals surface area contributed by atoms with Gasteiger partial charge in [0.15, 0.2) is 0 Å². The highest BCUT2D eigenvalue weighted by Crippen LogP contribution is 2.10. The van der Waals surface area contributed by atoms with Gasteiger partial charge in [0, 0.05) is 12.8 Å². The van der Waals surface area contributed by atoms with Gasteiger partial charge in [-0.15, -0.1) is 0 Å². The summed E-state index contributed by atoms with van der Waals surface area (Å²) in [4.78, 5) is 49.8. The van der Waals surface area contributed by atoms with Crippen LogP contribution in [0.3, 0.4) is 0 Å². The SMILES string of the molecule is C[C@H](NC(=O)[C@H](Cc1ccccc1)NC(=O)[C@H](Cc1ccccc1)NC(=O)OC(C)(C)C)C(=O)O. The summed E-state index contributed by atoms with van der Waals surface area (Å²) in [5.74, 6) is -2.44. The van der Waals surface area contributed by atoms with E-state index in [4.69, 9.17) is 9.84 Å². The van der Waals surface area contributed by atoms with Gasteiger partial charge in [-0.05, 0) is 38.8 Å². The molecule has 0 aromatic heterocycles. The van der Waals surface area contributed by atoms with Gasteiger partial charge in [0.1, 0.15) is 23.7 Å². The number of benzene rings is 2. The van der Waals surface area contributed by atoms with E-state index in [2.05, 4.69) is 16.0 Å². The summed E-state index contributed by atoms with van der Waals surface area (Å²) >= 11 is 0. The number of nitrogens with one attached hydrogen (secondary N) is 3. The average Bonchev–Trinajstić information content (AvgIpc) is 2.78. The van der Waals surface area contributed by atoms with Crippen LogP contribution in [0.5, 0.6) is 0 Å². The topological polar surface area (TPSA) is 134 Å². The summed E-state index contributed by atoms with van der Waals surface area (Å²) in [6.07, 6.45) is -0.469. The minimum atomic E-state index is -1.20. The number of hydrogen-bond donors (Lipinski definition) is 4. The van der Waals surface area contributed by atoms with Crippen LogP contribution in [0, 0.1) is 0 Å². The Morgan fingerprint density at radius 1 is 0.771 bits per heavy atom. The standard InChI is InChI=1S/C26H33N3O6/c1-17(24(32)33)27-22(30)20(15-18-11-7-5-8-12-18)28-23(31)21(16-19-13-9-6-10-14-19)29-25(34)35-26(2,3)4/h5-14,17,20-21H,15-16H2,1-4H3,(H,27,30)(H,28,31)(H,29,34)(H,32,33)/t17-,20-,21-/m0/s1. The van der Waals surface area contributed by atoms with E-state index < -0.39 is 47.6 Å². The maximum Gasteiger partial charge on any atom is 0.408 e. The number of carbonyl (C=O) groups excluding carboxylic acids is 3. The largest absolute Gasteiger partial charge is 0.480 e. The number of hydrogen-bond acceptors (Lipinski definition) is 5. The Labute approximate surface area is 205 Å². The van der Waals surface area contributed by atoms with Crippen molar-refractivity contribution in [2.75, 3.05) is 0 Å². The summed E-state index contributed by atoms with van der Waals surface area (Å²) in [7, 11) is 0. The zero-order valence-corrected chi connectivity index (χ0v) is 20.4. The number of carboxylic acids is 1. The van der Waals surface area contributed by atoms with Crippen molar-refractivity contribution in [3.63, 3.8) is 0 Å². The lowest BCUT2D eigenvalue weighted by Crippen LogP contribution is -2.56. The molecule has 2 aromatic carbocycles. The molecule has 3 atom stereocenters. The highest BCUT2D eigenvalue weighted by molar-refractivity contribution is 5.93. The maximum absolute atomic E-state index is 13.3. The zero-order chi connectivity index (χ0) is 26.0. The van der Waals surface area contributed by atoms with Crippen molar-refractivity contribution in [2.24, 2.45) is 0 Å². The zero-order valence-electron chi connectivity index (χ0n) is 20.4. The molecule has 9 nitrogen and oxygen atoms in total. The Hall–Kier alpha value is -3.88. The lowest BCUT2D eigenvalue weighted by atomic mass is 10.0. The lowest BCUT2D eigenvalue weighted by molar-refractivity contribution is -0.141. The number of carbonyl (C=O) groups is 4. The molecule has 188 valence electrons. The Morgan fingerprint density at radius 3 is 1.63 bits per heavy atom. The van der Waals surface area contributed by atoms with Crippen molar-refractivity contribution < 1.29 is 29.0 Å². The number of ether oxygens (including phenoxy) is 1. The van der Waals surface area contributed by atoms with Crippen molar-refractivity contribution >= 4 is 23.9 Å². The van der Waals surface area contributed by atoms with Crippen LogP contribution in [-0.2, 0) is 32.0 Å². The van der Waals surface area contributed by atoms with Gasteiger partial charge in [0.25, 0.3) is 0 Å². The van der Waals surface area contributed by atoms with Crippen LogP contribution in [0.1, 0.15) is 38.8 Å². The second-order valence-corrected chi connectivity index (χ2v) is 9.21. The minimum absolute atomic E-state index is 0.134. The summed E-state index contributed by atoms with van der Waals surface area (Å²) in [5.41, 5.74) is 0.809. The van der Waals surface area contributed by atoms with E-state index in [1.807, 2.05) is 36.4 Å². The van der Waals surface area contributed by atoms with E-state index in [0.717, 1.165) is 11.1 Å². The molecule has 0 bridgehead atoms. The Morgan fingerprint density at radius 2 is 1.20 bits per heavy atom. The third kappa shape index (κ3) is 9.87. The first kappa shape index (κ1) is 27.4. The molecule has 9 heteroatoms. The van der Waals surface area contributed by atoms with Crippen LogP contribution in [-0.4, -0.2) is 52.7 Å². The molecule has 0 spiro atoms. The van der Waals surface area contributed by atoms with Crippen LogP contribution in [0.25, 0.3) is 0 Å². The van der Waals surface area contributed by atoms with E-state index in [-0.39, 0.29) is 12.8 Å². The van der Waals surface area contributed by atoms with Gasteiger partial charge in [-0.25, -0.2) is 4.79 Å². The van der Waals surface area contributed by atoms with Gasteiger partial charge in [0.05, 0.1) is 0 Å². The normalized spacial score (nSPS) is 13.6. The molecule has 0 saturated heterocycles. The molecule has 2 aromatic rings. The predicted octanol–water partition coefficient (Wildman–Crippen LogP) is 2.44.